The molecule has 3 heteroatoms. The van der Waals surface area contributed by atoms with Gasteiger partial charge in [0.25, 0.3) is 0 Å². The summed E-state index contributed by atoms with van der Waals surface area (Å²) < 4.78 is 14.3. The van der Waals surface area contributed by atoms with Crippen molar-refractivity contribution >= 4 is 10.8 Å². The lowest BCUT2D eigenvalue weighted by Crippen LogP contribution is -2.08. The van der Waals surface area contributed by atoms with Gasteiger partial charge in [0.15, 0.2) is 0 Å². The van der Waals surface area contributed by atoms with E-state index in [4.69, 9.17) is 0 Å². The molecule has 0 fully saturated rings. The lowest BCUT2D eigenvalue weighted by atomic mass is 9.95. The molecule has 0 aliphatic rings. The second-order valence-corrected chi connectivity index (χ2v) is 5.30. The van der Waals surface area contributed by atoms with Crippen molar-refractivity contribution in [3.8, 4) is 0 Å². The predicted molar refractivity (Wildman–Crippen MR) is 81.7 cm³/mol. The quantitative estimate of drug-likeness (QED) is 0.768. The largest absolute Gasteiger partial charge is 0.382 e. The van der Waals surface area contributed by atoms with Gasteiger partial charge in [0.1, 0.15) is 11.9 Å². The van der Waals surface area contributed by atoms with Gasteiger partial charge in [0, 0.05) is 17.1 Å². The minimum absolute atomic E-state index is 0.296. The molecule has 1 N–H and O–H groups in total. The molecule has 1 unspecified atom stereocenters. The van der Waals surface area contributed by atoms with Crippen LogP contribution < -0.4 is 0 Å². The smallest absolute Gasteiger partial charge is 0.129 e. The molecular weight excluding hydrogens is 265 g/mol. The van der Waals surface area contributed by atoms with E-state index in [1.807, 2.05) is 43.3 Å². The van der Waals surface area contributed by atoms with Crippen LogP contribution in [0.4, 0.5) is 4.39 Å². The highest BCUT2D eigenvalue weighted by Gasteiger charge is 2.21. The van der Waals surface area contributed by atoms with E-state index in [0.29, 0.717) is 11.3 Å². The zero-order chi connectivity index (χ0) is 15.0. The number of benzene rings is 2. The van der Waals surface area contributed by atoms with Crippen molar-refractivity contribution in [1.29, 1.82) is 0 Å². The summed E-state index contributed by atoms with van der Waals surface area (Å²) in [5, 5.41) is 12.5. The first kappa shape index (κ1) is 13.7. The molecule has 0 radical (unpaired) electrons. The topological polar surface area (TPSA) is 33.1 Å². The van der Waals surface area contributed by atoms with Crippen LogP contribution in [-0.2, 0) is 0 Å². The number of fused-ring (bicyclic) bond motifs is 1. The van der Waals surface area contributed by atoms with Crippen molar-refractivity contribution in [1.82, 2.24) is 4.98 Å². The predicted octanol–water partition coefficient (Wildman–Crippen LogP) is 4.07. The molecule has 3 aromatic rings. The van der Waals surface area contributed by atoms with E-state index in [9.17, 15) is 9.50 Å². The maximum Gasteiger partial charge on any atom is 0.129 e. The van der Waals surface area contributed by atoms with Crippen LogP contribution in [0.5, 0.6) is 0 Å². The van der Waals surface area contributed by atoms with Crippen molar-refractivity contribution in [3.05, 3.63) is 76.9 Å². The van der Waals surface area contributed by atoms with Gasteiger partial charge in [-0.1, -0.05) is 30.3 Å². The van der Waals surface area contributed by atoms with E-state index in [2.05, 4.69) is 4.98 Å². The lowest BCUT2D eigenvalue weighted by molar-refractivity contribution is 0.211. The number of hydrogen-bond donors (Lipinski definition) is 1. The summed E-state index contributed by atoms with van der Waals surface area (Å²) in [4.78, 5) is 4.27. The number of halogens is 1. The van der Waals surface area contributed by atoms with Gasteiger partial charge in [0.05, 0.1) is 5.69 Å². The third-order valence-electron chi connectivity index (χ3n) is 3.72. The maximum absolute atomic E-state index is 14.3. The minimum atomic E-state index is -1.07. The molecule has 0 spiro atoms. The Balaban J connectivity index is 2.20. The van der Waals surface area contributed by atoms with Crippen LogP contribution in [0.15, 0.2) is 48.7 Å². The first-order valence-electron chi connectivity index (χ1n) is 6.86. The van der Waals surface area contributed by atoms with Crippen molar-refractivity contribution in [2.45, 2.75) is 20.0 Å². The zero-order valence-electron chi connectivity index (χ0n) is 12.0. The summed E-state index contributed by atoms with van der Waals surface area (Å²) in [6, 6.07) is 12.8. The Bertz CT molecular complexity index is 785. The lowest BCUT2D eigenvalue weighted by Gasteiger charge is -2.16. The first-order chi connectivity index (χ1) is 10.1. The molecular formula is C18H16FNO. The molecule has 0 aliphatic heterocycles. The second-order valence-electron chi connectivity index (χ2n) is 5.30. The van der Waals surface area contributed by atoms with Crippen LogP contribution in [0.2, 0.25) is 0 Å². The van der Waals surface area contributed by atoms with Crippen LogP contribution in [0.1, 0.15) is 28.5 Å². The number of aromatic nitrogens is 1. The van der Waals surface area contributed by atoms with E-state index < -0.39 is 11.9 Å². The molecule has 1 atom stereocenters. The summed E-state index contributed by atoms with van der Waals surface area (Å²) in [6.07, 6.45) is 0.569. The Morgan fingerprint density at radius 2 is 1.86 bits per heavy atom. The Morgan fingerprint density at radius 1 is 1.10 bits per heavy atom. The van der Waals surface area contributed by atoms with Crippen molar-refractivity contribution in [2.75, 3.05) is 0 Å². The molecule has 3 rings (SSSR count). The molecule has 0 aliphatic carbocycles. The van der Waals surface area contributed by atoms with Gasteiger partial charge in [-0.05, 0) is 42.5 Å². The number of hydrogen-bond acceptors (Lipinski definition) is 2. The second kappa shape index (κ2) is 5.26. The standard InChI is InChI=1S/C18H16FNO/c1-11-9-12(2)16(15(19)10-11)18(21)17-14-6-4-3-5-13(14)7-8-20-17/h3-10,18,21H,1-2H3. The highest BCUT2D eigenvalue weighted by molar-refractivity contribution is 5.84. The molecule has 2 nitrogen and oxygen atoms in total. The van der Waals surface area contributed by atoms with E-state index in [1.165, 1.54) is 6.07 Å². The normalized spacial score (nSPS) is 12.6. The third kappa shape index (κ3) is 2.41. The first-order valence-corrected chi connectivity index (χ1v) is 6.86. The Hall–Kier alpha value is -2.26. The number of aliphatic hydroxyl groups excluding tert-OH is 1. The van der Waals surface area contributed by atoms with E-state index in [-0.39, 0.29) is 0 Å². The van der Waals surface area contributed by atoms with Gasteiger partial charge in [-0.15, -0.1) is 0 Å². The van der Waals surface area contributed by atoms with E-state index in [1.54, 1.807) is 13.1 Å². The maximum atomic E-state index is 14.3. The highest BCUT2D eigenvalue weighted by Crippen LogP contribution is 2.31. The molecule has 1 heterocycles. The van der Waals surface area contributed by atoms with Crippen LogP contribution in [0.25, 0.3) is 10.8 Å². The van der Waals surface area contributed by atoms with Crippen LogP contribution in [0.3, 0.4) is 0 Å². The van der Waals surface area contributed by atoms with Gasteiger partial charge in [-0.3, -0.25) is 4.98 Å². The summed E-state index contributed by atoms with van der Waals surface area (Å²) in [7, 11) is 0. The number of nitrogens with zero attached hydrogens (tertiary/aromatic N) is 1. The van der Waals surface area contributed by atoms with E-state index >= 15 is 0 Å². The number of aryl methyl sites for hydroxylation is 2. The van der Waals surface area contributed by atoms with Crippen molar-refractivity contribution in [2.24, 2.45) is 0 Å². The Morgan fingerprint density at radius 3 is 2.62 bits per heavy atom. The van der Waals surface area contributed by atoms with Gasteiger partial charge in [-0.25, -0.2) is 4.39 Å². The fourth-order valence-corrected chi connectivity index (χ4v) is 2.77. The Labute approximate surface area is 122 Å². The minimum Gasteiger partial charge on any atom is -0.382 e. The average Bonchev–Trinajstić information content (AvgIpc) is 2.45. The number of pyridine rings is 1. The van der Waals surface area contributed by atoms with Crippen LogP contribution >= 0.6 is 0 Å². The summed E-state index contributed by atoms with van der Waals surface area (Å²) in [5.41, 5.74) is 2.35. The fourth-order valence-electron chi connectivity index (χ4n) is 2.77. The van der Waals surface area contributed by atoms with Gasteiger partial charge >= 0.3 is 0 Å². The summed E-state index contributed by atoms with van der Waals surface area (Å²) in [5.74, 6) is -0.394. The molecule has 21 heavy (non-hydrogen) atoms. The molecule has 1 aromatic heterocycles. The number of rotatable bonds is 2. The molecule has 106 valence electrons. The third-order valence-corrected chi connectivity index (χ3v) is 3.72. The van der Waals surface area contributed by atoms with Crippen molar-refractivity contribution in [3.63, 3.8) is 0 Å². The Kier molecular flexibility index (Phi) is 3.43. The molecule has 0 amide bonds. The molecule has 0 bridgehead atoms. The van der Waals surface area contributed by atoms with Crippen LogP contribution in [0, 0.1) is 19.7 Å². The zero-order valence-corrected chi connectivity index (χ0v) is 12.0. The van der Waals surface area contributed by atoms with E-state index in [0.717, 1.165) is 21.9 Å². The molecule has 0 saturated carbocycles. The highest BCUT2D eigenvalue weighted by atomic mass is 19.1. The fraction of sp³-hybridized carbons (Fsp3) is 0.167. The summed E-state index contributed by atoms with van der Waals surface area (Å²) >= 11 is 0. The van der Waals surface area contributed by atoms with Gasteiger partial charge in [0.2, 0.25) is 0 Å². The van der Waals surface area contributed by atoms with Gasteiger partial charge in [-0.2, -0.15) is 0 Å². The van der Waals surface area contributed by atoms with Gasteiger partial charge < -0.3 is 5.11 Å². The summed E-state index contributed by atoms with van der Waals surface area (Å²) in [6.45, 7) is 3.64. The number of aliphatic hydroxyl groups is 1. The molecule has 2 aromatic carbocycles. The van der Waals surface area contributed by atoms with Crippen molar-refractivity contribution < 1.29 is 9.50 Å². The SMILES string of the molecule is Cc1cc(C)c(C(O)c2nccc3ccccc23)c(F)c1. The van der Waals surface area contributed by atoms with Crippen LogP contribution in [-0.4, -0.2) is 10.1 Å². The monoisotopic (exact) mass is 281 g/mol. The molecule has 0 saturated heterocycles. The average molecular weight is 281 g/mol.